The first kappa shape index (κ1) is 13.9. The van der Waals surface area contributed by atoms with Crippen LogP contribution in [0.4, 0.5) is 5.82 Å². The Morgan fingerprint density at radius 3 is 3.00 bits per heavy atom. The van der Waals surface area contributed by atoms with E-state index in [0.29, 0.717) is 6.61 Å². The van der Waals surface area contributed by atoms with E-state index in [1.807, 2.05) is 19.1 Å². The SMILES string of the molecule is CCOc1cccc(CNc2ncnc3c2CCCC3)c1. The van der Waals surface area contributed by atoms with E-state index < -0.39 is 0 Å². The van der Waals surface area contributed by atoms with Crippen molar-refractivity contribution in [3.8, 4) is 5.75 Å². The molecule has 1 aromatic heterocycles. The quantitative estimate of drug-likeness (QED) is 0.914. The largest absolute Gasteiger partial charge is 0.494 e. The number of hydrogen-bond acceptors (Lipinski definition) is 4. The van der Waals surface area contributed by atoms with Crippen molar-refractivity contribution in [3.05, 3.63) is 47.4 Å². The molecule has 4 nitrogen and oxygen atoms in total. The van der Waals surface area contributed by atoms with Gasteiger partial charge in [-0.1, -0.05) is 12.1 Å². The van der Waals surface area contributed by atoms with E-state index in [-0.39, 0.29) is 0 Å². The molecular weight excluding hydrogens is 262 g/mol. The van der Waals surface area contributed by atoms with E-state index in [1.54, 1.807) is 6.33 Å². The molecule has 0 bridgehead atoms. The highest BCUT2D eigenvalue weighted by molar-refractivity contribution is 5.47. The average Bonchev–Trinajstić information content (AvgIpc) is 2.53. The molecule has 110 valence electrons. The smallest absolute Gasteiger partial charge is 0.133 e. The van der Waals surface area contributed by atoms with Crippen LogP contribution in [0.1, 0.15) is 36.6 Å². The molecule has 0 aliphatic heterocycles. The van der Waals surface area contributed by atoms with Crippen molar-refractivity contribution in [2.24, 2.45) is 0 Å². The monoisotopic (exact) mass is 283 g/mol. The van der Waals surface area contributed by atoms with Gasteiger partial charge in [-0.25, -0.2) is 9.97 Å². The molecular formula is C17H21N3O. The Hall–Kier alpha value is -2.10. The maximum absolute atomic E-state index is 5.54. The third-order valence-corrected chi connectivity index (χ3v) is 3.79. The van der Waals surface area contributed by atoms with E-state index in [0.717, 1.165) is 31.0 Å². The lowest BCUT2D eigenvalue weighted by Gasteiger charge is -2.18. The molecule has 1 N–H and O–H groups in total. The Morgan fingerprint density at radius 2 is 2.10 bits per heavy atom. The number of nitrogens with one attached hydrogen (secondary N) is 1. The van der Waals surface area contributed by atoms with Gasteiger partial charge < -0.3 is 10.1 Å². The highest BCUT2D eigenvalue weighted by Gasteiger charge is 2.15. The summed E-state index contributed by atoms with van der Waals surface area (Å²) in [6.45, 7) is 3.44. The summed E-state index contributed by atoms with van der Waals surface area (Å²) in [5.41, 5.74) is 3.70. The van der Waals surface area contributed by atoms with Gasteiger partial charge in [-0.05, 0) is 50.3 Å². The van der Waals surface area contributed by atoms with E-state index >= 15 is 0 Å². The minimum Gasteiger partial charge on any atom is -0.494 e. The zero-order chi connectivity index (χ0) is 14.5. The molecule has 21 heavy (non-hydrogen) atoms. The summed E-state index contributed by atoms with van der Waals surface area (Å²) in [4.78, 5) is 8.81. The Morgan fingerprint density at radius 1 is 1.19 bits per heavy atom. The maximum atomic E-state index is 5.54. The molecule has 1 aliphatic rings. The van der Waals surface area contributed by atoms with Gasteiger partial charge in [0.1, 0.15) is 17.9 Å². The molecule has 0 atom stereocenters. The second-order valence-electron chi connectivity index (χ2n) is 5.29. The zero-order valence-corrected chi connectivity index (χ0v) is 12.4. The summed E-state index contributed by atoms with van der Waals surface area (Å²) in [5.74, 6) is 1.91. The maximum Gasteiger partial charge on any atom is 0.133 e. The van der Waals surface area contributed by atoms with E-state index in [1.165, 1.54) is 29.7 Å². The summed E-state index contributed by atoms with van der Waals surface area (Å²) in [6.07, 6.45) is 6.29. The predicted octanol–water partition coefficient (Wildman–Crippen LogP) is 3.37. The molecule has 3 rings (SSSR count). The number of fused-ring (bicyclic) bond motifs is 1. The van der Waals surface area contributed by atoms with Gasteiger partial charge in [0.15, 0.2) is 0 Å². The Labute approximate surface area is 125 Å². The number of hydrogen-bond donors (Lipinski definition) is 1. The summed E-state index contributed by atoms with van der Waals surface area (Å²) >= 11 is 0. The molecule has 0 amide bonds. The van der Waals surface area contributed by atoms with Gasteiger partial charge in [-0.2, -0.15) is 0 Å². The first-order valence-electron chi connectivity index (χ1n) is 7.65. The first-order valence-corrected chi connectivity index (χ1v) is 7.65. The Balaban J connectivity index is 1.72. The standard InChI is InChI=1S/C17H21N3O/c1-2-21-14-7-5-6-13(10-14)11-18-17-15-8-3-4-9-16(15)19-12-20-17/h5-7,10,12H,2-4,8-9,11H2,1H3,(H,18,19,20). The second-order valence-corrected chi connectivity index (χ2v) is 5.29. The van der Waals surface area contributed by atoms with Crippen LogP contribution in [0.25, 0.3) is 0 Å². The fourth-order valence-corrected chi connectivity index (χ4v) is 2.77. The third kappa shape index (κ3) is 3.32. The fraction of sp³-hybridized carbons (Fsp3) is 0.412. The number of anilines is 1. The Bertz CT molecular complexity index is 613. The molecule has 0 unspecified atom stereocenters. The fourth-order valence-electron chi connectivity index (χ4n) is 2.77. The minimum atomic E-state index is 0.691. The van der Waals surface area contributed by atoms with E-state index in [2.05, 4.69) is 27.4 Å². The summed E-state index contributed by atoms with van der Waals surface area (Å²) in [5, 5.41) is 3.45. The van der Waals surface area contributed by atoms with Crippen molar-refractivity contribution >= 4 is 5.82 Å². The second kappa shape index (κ2) is 6.57. The highest BCUT2D eigenvalue weighted by atomic mass is 16.5. The van der Waals surface area contributed by atoms with Crippen molar-refractivity contribution < 1.29 is 4.74 Å². The van der Waals surface area contributed by atoms with Crippen LogP contribution in [0, 0.1) is 0 Å². The first-order chi connectivity index (χ1) is 10.4. The topological polar surface area (TPSA) is 47.0 Å². The third-order valence-electron chi connectivity index (χ3n) is 3.79. The lowest BCUT2D eigenvalue weighted by molar-refractivity contribution is 0.340. The van der Waals surface area contributed by atoms with Crippen LogP contribution in [-0.4, -0.2) is 16.6 Å². The number of benzene rings is 1. The zero-order valence-electron chi connectivity index (χ0n) is 12.4. The van der Waals surface area contributed by atoms with Crippen molar-refractivity contribution in [2.75, 3.05) is 11.9 Å². The van der Waals surface area contributed by atoms with Gasteiger partial charge in [0.25, 0.3) is 0 Å². The lowest BCUT2D eigenvalue weighted by atomic mass is 9.96. The average molecular weight is 283 g/mol. The summed E-state index contributed by atoms with van der Waals surface area (Å²) in [7, 11) is 0. The van der Waals surface area contributed by atoms with Crippen molar-refractivity contribution in [1.29, 1.82) is 0 Å². The van der Waals surface area contributed by atoms with Crippen LogP contribution in [-0.2, 0) is 19.4 Å². The van der Waals surface area contributed by atoms with Gasteiger partial charge in [-0.3, -0.25) is 0 Å². The number of aromatic nitrogens is 2. The molecule has 2 aromatic rings. The van der Waals surface area contributed by atoms with Gasteiger partial charge in [-0.15, -0.1) is 0 Å². The summed E-state index contributed by atoms with van der Waals surface area (Å²) in [6, 6.07) is 8.18. The van der Waals surface area contributed by atoms with Crippen LogP contribution in [0.3, 0.4) is 0 Å². The molecule has 1 aromatic carbocycles. The number of ether oxygens (including phenoxy) is 1. The molecule has 0 saturated carbocycles. The lowest BCUT2D eigenvalue weighted by Crippen LogP contribution is -2.12. The minimum absolute atomic E-state index is 0.691. The molecule has 0 radical (unpaired) electrons. The van der Waals surface area contributed by atoms with Crippen LogP contribution in [0.2, 0.25) is 0 Å². The normalized spacial score (nSPS) is 13.6. The van der Waals surface area contributed by atoms with Crippen molar-refractivity contribution in [3.63, 3.8) is 0 Å². The molecule has 0 spiro atoms. The van der Waals surface area contributed by atoms with Gasteiger partial charge in [0, 0.05) is 17.8 Å². The van der Waals surface area contributed by atoms with Crippen LogP contribution in [0.5, 0.6) is 5.75 Å². The van der Waals surface area contributed by atoms with Gasteiger partial charge in [0.2, 0.25) is 0 Å². The molecule has 0 fully saturated rings. The van der Waals surface area contributed by atoms with Gasteiger partial charge >= 0.3 is 0 Å². The van der Waals surface area contributed by atoms with E-state index in [4.69, 9.17) is 4.74 Å². The van der Waals surface area contributed by atoms with Crippen molar-refractivity contribution in [2.45, 2.75) is 39.2 Å². The number of aryl methyl sites for hydroxylation is 1. The summed E-state index contributed by atoms with van der Waals surface area (Å²) < 4.78 is 5.54. The number of rotatable bonds is 5. The van der Waals surface area contributed by atoms with Gasteiger partial charge in [0.05, 0.1) is 6.61 Å². The number of nitrogens with zero attached hydrogens (tertiary/aromatic N) is 2. The highest BCUT2D eigenvalue weighted by Crippen LogP contribution is 2.25. The van der Waals surface area contributed by atoms with Crippen LogP contribution >= 0.6 is 0 Å². The molecule has 0 saturated heterocycles. The van der Waals surface area contributed by atoms with Crippen LogP contribution < -0.4 is 10.1 Å². The Kier molecular flexibility index (Phi) is 4.34. The molecule has 1 aliphatic carbocycles. The van der Waals surface area contributed by atoms with Crippen molar-refractivity contribution in [1.82, 2.24) is 9.97 Å². The predicted molar refractivity (Wildman–Crippen MR) is 83.6 cm³/mol. The van der Waals surface area contributed by atoms with Crippen LogP contribution in [0.15, 0.2) is 30.6 Å². The van der Waals surface area contributed by atoms with E-state index in [9.17, 15) is 0 Å². The molecule has 4 heteroatoms. The molecule has 1 heterocycles.